The number of aromatic nitrogens is 4. The second-order valence-corrected chi connectivity index (χ2v) is 22.2. The Kier molecular flexibility index (Phi) is 10.7. The number of fused-ring (bicyclic) bond motifs is 14. The van der Waals surface area contributed by atoms with E-state index in [1.165, 1.54) is 24.3 Å². The first kappa shape index (κ1) is 49.3. The van der Waals surface area contributed by atoms with Crippen molar-refractivity contribution in [1.82, 2.24) is 18.3 Å². The van der Waals surface area contributed by atoms with Crippen LogP contribution in [0.2, 0.25) is 0 Å². The Labute approximate surface area is 466 Å². The molecular weight excluding hydrogens is 1030 g/mol. The molecule has 15 rings (SSSR count). The van der Waals surface area contributed by atoms with E-state index >= 15 is 26.3 Å². The standard InChI is InChI=1S/C72H48F6N4/c1-70(2,3)65-68(81-57-32-14-10-28-49(57)51-36-38-61-63(66(51)81)53-30-12-16-34-59(53)79(61)47-24-6-4-7-25-47)55(43-20-18-22-45(40-43)71(73,74)75)42-56(44-21-19-23-46(41-44)72(76,77)78)69(65)82-58-33-15-11-29-50(58)52-37-39-62-64(67(52)82)54-31-13-17-35-60(54)80(62)48-26-8-5-9-27-48/h4-42H,1-3H3. The smallest absolute Gasteiger partial charge is 0.309 e. The van der Waals surface area contributed by atoms with Crippen molar-refractivity contribution >= 4 is 87.2 Å². The van der Waals surface area contributed by atoms with Gasteiger partial charge in [-0.2, -0.15) is 26.3 Å². The van der Waals surface area contributed by atoms with Gasteiger partial charge in [0.05, 0.1) is 66.6 Å². The van der Waals surface area contributed by atoms with Crippen molar-refractivity contribution in [2.45, 2.75) is 38.5 Å². The van der Waals surface area contributed by atoms with Gasteiger partial charge in [-0.1, -0.05) is 166 Å². The molecule has 0 aliphatic heterocycles. The van der Waals surface area contributed by atoms with Crippen LogP contribution in [0.4, 0.5) is 26.3 Å². The zero-order valence-corrected chi connectivity index (χ0v) is 44.6. The molecule has 0 fully saturated rings. The van der Waals surface area contributed by atoms with Gasteiger partial charge in [0.15, 0.2) is 0 Å². The molecule has 10 heteroatoms. The maximum absolute atomic E-state index is 15.3. The molecule has 0 N–H and O–H groups in total. The molecule has 0 aliphatic rings. The second-order valence-electron chi connectivity index (χ2n) is 22.2. The van der Waals surface area contributed by atoms with Crippen LogP contribution >= 0.6 is 0 Å². The quantitative estimate of drug-likeness (QED) is 0.148. The number of para-hydroxylation sites is 6. The van der Waals surface area contributed by atoms with E-state index in [4.69, 9.17) is 0 Å². The molecule has 398 valence electrons. The molecule has 0 radical (unpaired) electrons. The summed E-state index contributed by atoms with van der Waals surface area (Å²) in [6.45, 7) is 6.28. The average molecular weight is 1080 g/mol. The van der Waals surface area contributed by atoms with Gasteiger partial charge in [-0.05, 0) is 108 Å². The lowest BCUT2D eigenvalue weighted by Crippen LogP contribution is -2.21. The SMILES string of the molecule is CC(C)(C)c1c(-n2c3ccccc3c3ccc4c(c5ccccc5n4-c4ccccc4)c32)c(-c2cccc(C(F)(F)F)c2)cc(-c2cccc(C(F)(F)F)c2)c1-n1c2ccccc2c2ccc3c(c4ccccc4n3-c3ccccc3)c21. The number of nitrogens with zero attached hydrogens (tertiary/aromatic N) is 4. The fourth-order valence-corrected chi connectivity index (χ4v) is 13.2. The molecule has 0 unspecified atom stereocenters. The van der Waals surface area contributed by atoms with Crippen LogP contribution in [0, 0.1) is 0 Å². The third-order valence-electron chi connectivity index (χ3n) is 16.4. The topological polar surface area (TPSA) is 19.7 Å². The highest BCUT2D eigenvalue weighted by atomic mass is 19.4. The monoisotopic (exact) mass is 1080 g/mol. The van der Waals surface area contributed by atoms with Crippen LogP contribution in [0.1, 0.15) is 37.5 Å². The van der Waals surface area contributed by atoms with Crippen molar-refractivity contribution in [3.8, 4) is 45.0 Å². The predicted molar refractivity (Wildman–Crippen MR) is 323 cm³/mol. The van der Waals surface area contributed by atoms with Crippen molar-refractivity contribution in [3.63, 3.8) is 0 Å². The van der Waals surface area contributed by atoms with E-state index in [2.05, 4.69) is 136 Å². The fourth-order valence-electron chi connectivity index (χ4n) is 13.2. The Morgan fingerprint density at radius 2 is 0.646 bits per heavy atom. The lowest BCUT2D eigenvalue weighted by atomic mass is 9.79. The zero-order chi connectivity index (χ0) is 56.0. The molecule has 11 aromatic carbocycles. The van der Waals surface area contributed by atoms with E-state index in [1.807, 2.05) is 91.0 Å². The van der Waals surface area contributed by atoms with E-state index in [1.54, 1.807) is 12.1 Å². The molecule has 82 heavy (non-hydrogen) atoms. The molecule has 0 bridgehead atoms. The van der Waals surface area contributed by atoms with Crippen LogP contribution in [-0.2, 0) is 17.8 Å². The molecule has 0 spiro atoms. The molecule has 0 amide bonds. The number of rotatable bonds is 6. The first-order valence-electron chi connectivity index (χ1n) is 27.2. The minimum atomic E-state index is -4.72. The molecule has 0 aliphatic carbocycles. The first-order chi connectivity index (χ1) is 39.6. The highest BCUT2D eigenvalue weighted by molar-refractivity contribution is 6.28. The van der Waals surface area contributed by atoms with Crippen LogP contribution < -0.4 is 0 Å². The van der Waals surface area contributed by atoms with Gasteiger partial charge >= 0.3 is 12.4 Å². The van der Waals surface area contributed by atoms with E-state index in [9.17, 15) is 0 Å². The molecule has 15 aromatic rings. The Morgan fingerprint density at radius 1 is 0.293 bits per heavy atom. The number of hydrogen-bond acceptors (Lipinski definition) is 0. The fraction of sp³-hybridized carbons (Fsp3) is 0.0833. The van der Waals surface area contributed by atoms with Crippen molar-refractivity contribution in [1.29, 1.82) is 0 Å². The van der Waals surface area contributed by atoms with Gasteiger partial charge in [0, 0.05) is 71.2 Å². The third-order valence-corrected chi connectivity index (χ3v) is 16.4. The minimum absolute atomic E-state index is 0.246. The number of alkyl halides is 6. The summed E-state index contributed by atoms with van der Waals surface area (Å²) < 4.78 is 101. The Morgan fingerprint density at radius 3 is 1.02 bits per heavy atom. The minimum Gasteiger partial charge on any atom is -0.309 e. The van der Waals surface area contributed by atoms with Gasteiger partial charge in [-0.25, -0.2) is 0 Å². The largest absolute Gasteiger partial charge is 0.416 e. The second kappa shape index (κ2) is 17.9. The molecule has 0 atom stereocenters. The molecule has 0 saturated carbocycles. The predicted octanol–water partition coefficient (Wildman–Crippen LogP) is 20.7. The highest BCUT2D eigenvalue weighted by Gasteiger charge is 2.37. The zero-order valence-electron chi connectivity index (χ0n) is 44.6. The Hall–Kier alpha value is -9.80. The summed E-state index contributed by atoms with van der Waals surface area (Å²) in [6.07, 6.45) is -9.45. The molecular formula is C72H48F6N4. The van der Waals surface area contributed by atoms with Gasteiger partial charge in [0.25, 0.3) is 0 Å². The Bertz CT molecular complexity index is 4790. The molecule has 4 heterocycles. The summed E-state index contributed by atoms with van der Waals surface area (Å²) in [7, 11) is 0. The summed E-state index contributed by atoms with van der Waals surface area (Å²) in [6, 6.07) is 74.2. The Balaban J connectivity index is 1.23. The van der Waals surface area contributed by atoms with E-state index < -0.39 is 28.9 Å². The van der Waals surface area contributed by atoms with Crippen molar-refractivity contribution in [3.05, 3.63) is 253 Å². The number of hydrogen-bond donors (Lipinski definition) is 0. The van der Waals surface area contributed by atoms with Crippen molar-refractivity contribution in [2.24, 2.45) is 0 Å². The van der Waals surface area contributed by atoms with Gasteiger partial charge in [-0.15, -0.1) is 0 Å². The summed E-state index contributed by atoms with van der Waals surface area (Å²) in [5, 5.41) is 7.47. The average Bonchev–Trinajstić information content (AvgIpc) is 4.33. The van der Waals surface area contributed by atoms with Crippen molar-refractivity contribution in [2.75, 3.05) is 0 Å². The maximum Gasteiger partial charge on any atom is 0.416 e. The maximum atomic E-state index is 15.3. The van der Waals surface area contributed by atoms with Crippen LogP contribution in [-0.4, -0.2) is 18.3 Å². The van der Waals surface area contributed by atoms with E-state index in [0.717, 1.165) is 111 Å². The van der Waals surface area contributed by atoms with Gasteiger partial charge in [0.1, 0.15) is 0 Å². The van der Waals surface area contributed by atoms with E-state index in [-0.39, 0.29) is 11.1 Å². The number of halogens is 6. The van der Waals surface area contributed by atoms with Crippen LogP contribution in [0.15, 0.2) is 237 Å². The normalized spacial score (nSPS) is 12.7. The first-order valence-corrected chi connectivity index (χ1v) is 27.2. The van der Waals surface area contributed by atoms with Gasteiger partial charge < -0.3 is 18.3 Å². The summed E-state index contributed by atoms with van der Waals surface area (Å²) >= 11 is 0. The third kappa shape index (κ3) is 7.33. The summed E-state index contributed by atoms with van der Waals surface area (Å²) in [4.78, 5) is 0. The summed E-state index contributed by atoms with van der Waals surface area (Å²) in [5.41, 5.74) is 9.51. The van der Waals surface area contributed by atoms with Gasteiger partial charge in [-0.3, -0.25) is 0 Å². The lowest BCUT2D eigenvalue weighted by Gasteiger charge is -2.33. The highest BCUT2D eigenvalue weighted by Crippen LogP contribution is 2.53. The van der Waals surface area contributed by atoms with Crippen molar-refractivity contribution < 1.29 is 26.3 Å². The van der Waals surface area contributed by atoms with Crippen LogP contribution in [0.25, 0.3) is 132 Å². The van der Waals surface area contributed by atoms with Crippen LogP contribution in [0.5, 0.6) is 0 Å². The molecule has 4 aromatic heterocycles. The van der Waals surface area contributed by atoms with Crippen LogP contribution in [0.3, 0.4) is 0 Å². The summed E-state index contributed by atoms with van der Waals surface area (Å²) in [5.74, 6) is 0. The number of benzene rings is 11. The lowest BCUT2D eigenvalue weighted by molar-refractivity contribution is -0.138. The molecule has 0 saturated heterocycles. The van der Waals surface area contributed by atoms with E-state index in [0.29, 0.717) is 28.1 Å². The van der Waals surface area contributed by atoms with Gasteiger partial charge in [0.2, 0.25) is 0 Å². The molecule has 4 nitrogen and oxygen atoms in total.